The lowest BCUT2D eigenvalue weighted by Gasteiger charge is -2.41. The minimum absolute atomic E-state index is 0.0282. The van der Waals surface area contributed by atoms with E-state index in [1.807, 2.05) is 17.5 Å². The van der Waals surface area contributed by atoms with Crippen LogP contribution in [0.25, 0.3) is 0 Å². The molecule has 2 heterocycles. The number of carbonyl (C=O) groups excluding carboxylic acids is 1. The maximum absolute atomic E-state index is 12.1. The van der Waals surface area contributed by atoms with Crippen LogP contribution in [0.4, 0.5) is 0 Å². The third-order valence-electron chi connectivity index (χ3n) is 4.41. The second-order valence-corrected chi connectivity index (χ2v) is 7.36. The number of hydrogen-bond donors (Lipinski definition) is 1. The van der Waals surface area contributed by atoms with E-state index in [1.165, 1.54) is 22.5 Å². The lowest BCUT2D eigenvalue weighted by Crippen LogP contribution is -2.53. The third-order valence-corrected chi connectivity index (χ3v) is 5.28. The minimum atomic E-state index is -0.0551. The van der Waals surface area contributed by atoms with E-state index in [-0.39, 0.29) is 11.4 Å². The van der Waals surface area contributed by atoms with E-state index in [0.29, 0.717) is 6.54 Å². The van der Waals surface area contributed by atoms with E-state index in [9.17, 15) is 4.79 Å². The van der Waals surface area contributed by atoms with Gasteiger partial charge in [-0.3, -0.25) is 9.69 Å². The summed E-state index contributed by atoms with van der Waals surface area (Å²) in [5, 5.41) is 5.01. The van der Waals surface area contributed by atoms with Crippen molar-refractivity contribution in [2.45, 2.75) is 32.4 Å². The maximum atomic E-state index is 12.1. The lowest BCUT2D eigenvalue weighted by atomic mass is 9.94. The summed E-state index contributed by atoms with van der Waals surface area (Å²) in [7, 11) is 0. The Morgan fingerprint density at radius 1 is 1.23 bits per heavy atom. The zero-order chi connectivity index (χ0) is 15.6. The Kier molecular flexibility index (Phi) is 4.32. The standard InChI is InChI=1S/C18H22N2OS/c1-18(2,13-19-17(21)16-8-5-11-22-16)20-10-9-14-6-3-4-7-15(14)12-20/h3-8,11H,9-10,12-13H2,1-2H3,(H,19,21). The highest BCUT2D eigenvalue weighted by molar-refractivity contribution is 7.12. The van der Waals surface area contributed by atoms with Crippen molar-refractivity contribution in [1.29, 1.82) is 0 Å². The van der Waals surface area contributed by atoms with E-state index in [4.69, 9.17) is 0 Å². The molecule has 2 aromatic rings. The van der Waals surface area contributed by atoms with Crippen molar-refractivity contribution in [2.24, 2.45) is 0 Å². The molecule has 0 saturated heterocycles. The molecule has 0 aliphatic carbocycles. The molecule has 0 spiro atoms. The molecule has 0 saturated carbocycles. The van der Waals surface area contributed by atoms with Gasteiger partial charge in [-0.2, -0.15) is 0 Å². The number of rotatable bonds is 4. The smallest absolute Gasteiger partial charge is 0.261 e. The van der Waals surface area contributed by atoms with Crippen LogP contribution in [0.5, 0.6) is 0 Å². The molecule has 0 radical (unpaired) electrons. The first-order valence-corrected chi connectivity index (χ1v) is 8.58. The van der Waals surface area contributed by atoms with Crippen molar-refractivity contribution in [3.05, 3.63) is 57.8 Å². The topological polar surface area (TPSA) is 32.3 Å². The summed E-state index contributed by atoms with van der Waals surface area (Å²) in [6, 6.07) is 12.4. The van der Waals surface area contributed by atoms with Gasteiger partial charge in [0.1, 0.15) is 0 Å². The number of amides is 1. The van der Waals surface area contributed by atoms with Gasteiger partial charge in [0.15, 0.2) is 0 Å². The predicted octanol–water partition coefficient (Wildman–Crippen LogP) is 3.31. The predicted molar refractivity (Wildman–Crippen MR) is 91.3 cm³/mol. The van der Waals surface area contributed by atoms with Gasteiger partial charge in [-0.25, -0.2) is 0 Å². The first-order valence-electron chi connectivity index (χ1n) is 7.70. The van der Waals surface area contributed by atoms with Gasteiger partial charge < -0.3 is 5.32 Å². The summed E-state index contributed by atoms with van der Waals surface area (Å²) in [5.41, 5.74) is 2.81. The van der Waals surface area contributed by atoms with Gasteiger partial charge in [0.25, 0.3) is 5.91 Å². The molecule has 1 N–H and O–H groups in total. The average Bonchev–Trinajstić information content (AvgIpc) is 3.07. The summed E-state index contributed by atoms with van der Waals surface area (Å²) >= 11 is 1.48. The Morgan fingerprint density at radius 2 is 2.00 bits per heavy atom. The summed E-state index contributed by atoms with van der Waals surface area (Å²) in [5.74, 6) is 0.0282. The molecule has 1 aromatic carbocycles. The number of nitrogens with one attached hydrogen (secondary N) is 1. The van der Waals surface area contributed by atoms with Gasteiger partial charge in [-0.1, -0.05) is 30.3 Å². The highest BCUT2D eigenvalue weighted by atomic mass is 32.1. The fraction of sp³-hybridized carbons (Fsp3) is 0.389. The molecule has 116 valence electrons. The molecule has 3 rings (SSSR count). The molecule has 3 nitrogen and oxygen atoms in total. The Morgan fingerprint density at radius 3 is 2.73 bits per heavy atom. The third kappa shape index (κ3) is 3.23. The molecule has 1 aliphatic rings. The molecule has 0 atom stereocenters. The van der Waals surface area contributed by atoms with Gasteiger partial charge in [-0.15, -0.1) is 11.3 Å². The van der Waals surface area contributed by atoms with E-state index in [1.54, 1.807) is 0 Å². The lowest BCUT2D eigenvalue weighted by molar-refractivity contribution is 0.0829. The van der Waals surface area contributed by atoms with Gasteiger partial charge in [0.05, 0.1) is 4.88 Å². The molecule has 22 heavy (non-hydrogen) atoms. The van der Waals surface area contributed by atoms with Gasteiger partial charge in [0.2, 0.25) is 0 Å². The largest absolute Gasteiger partial charge is 0.350 e. The van der Waals surface area contributed by atoms with Crippen molar-refractivity contribution in [1.82, 2.24) is 10.2 Å². The molecule has 4 heteroatoms. The number of hydrogen-bond acceptors (Lipinski definition) is 3. The maximum Gasteiger partial charge on any atom is 0.261 e. The summed E-state index contributed by atoms with van der Waals surface area (Å²) in [6.07, 6.45) is 1.08. The van der Waals surface area contributed by atoms with Crippen molar-refractivity contribution >= 4 is 17.2 Å². The second kappa shape index (κ2) is 6.23. The van der Waals surface area contributed by atoms with Crippen LogP contribution in [0, 0.1) is 0 Å². The van der Waals surface area contributed by atoms with Crippen molar-refractivity contribution in [3.63, 3.8) is 0 Å². The highest BCUT2D eigenvalue weighted by Crippen LogP contribution is 2.25. The number of fused-ring (bicyclic) bond motifs is 1. The van der Waals surface area contributed by atoms with Crippen molar-refractivity contribution < 1.29 is 4.79 Å². The van der Waals surface area contributed by atoms with Crippen LogP contribution in [-0.2, 0) is 13.0 Å². The quantitative estimate of drug-likeness (QED) is 0.939. The molecule has 0 bridgehead atoms. The molecule has 1 aromatic heterocycles. The van der Waals surface area contributed by atoms with Crippen LogP contribution in [-0.4, -0.2) is 29.4 Å². The zero-order valence-electron chi connectivity index (χ0n) is 13.1. The van der Waals surface area contributed by atoms with Gasteiger partial charge in [-0.05, 0) is 42.8 Å². The molecule has 0 unspecified atom stereocenters. The number of nitrogens with zero attached hydrogens (tertiary/aromatic N) is 1. The number of thiophene rings is 1. The van der Waals surface area contributed by atoms with Crippen LogP contribution in [0.3, 0.4) is 0 Å². The normalized spacial score (nSPS) is 15.4. The van der Waals surface area contributed by atoms with E-state index < -0.39 is 0 Å². The van der Waals surface area contributed by atoms with E-state index in [0.717, 1.165) is 24.4 Å². The van der Waals surface area contributed by atoms with Crippen LogP contribution in [0.15, 0.2) is 41.8 Å². The van der Waals surface area contributed by atoms with Crippen LogP contribution in [0.2, 0.25) is 0 Å². The van der Waals surface area contributed by atoms with E-state index >= 15 is 0 Å². The zero-order valence-corrected chi connectivity index (χ0v) is 14.0. The average molecular weight is 314 g/mol. The monoisotopic (exact) mass is 314 g/mol. The van der Waals surface area contributed by atoms with Crippen molar-refractivity contribution in [3.8, 4) is 0 Å². The van der Waals surface area contributed by atoms with Crippen LogP contribution in [0.1, 0.15) is 34.6 Å². The Labute approximate surface area is 136 Å². The Hall–Kier alpha value is -1.65. The van der Waals surface area contributed by atoms with Gasteiger partial charge in [0, 0.05) is 25.2 Å². The van der Waals surface area contributed by atoms with Crippen LogP contribution >= 0.6 is 11.3 Å². The molecule has 1 amide bonds. The summed E-state index contributed by atoms with van der Waals surface area (Å²) < 4.78 is 0. The summed E-state index contributed by atoms with van der Waals surface area (Å²) in [6.45, 7) is 7.06. The van der Waals surface area contributed by atoms with Crippen LogP contribution < -0.4 is 5.32 Å². The SMILES string of the molecule is CC(C)(CNC(=O)c1cccs1)N1CCc2ccccc2C1. The fourth-order valence-corrected chi connectivity index (χ4v) is 3.56. The first-order chi connectivity index (χ1) is 10.6. The van der Waals surface area contributed by atoms with Crippen molar-refractivity contribution in [2.75, 3.05) is 13.1 Å². The number of benzene rings is 1. The van der Waals surface area contributed by atoms with E-state index in [2.05, 4.69) is 48.3 Å². The molecule has 1 aliphatic heterocycles. The molecular formula is C18H22N2OS. The van der Waals surface area contributed by atoms with Gasteiger partial charge >= 0.3 is 0 Å². The minimum Gasteiger partial charge on any atom is -0.350 e. The molecule has 0 fully saturated rings. The molecular weight excluding hydrogens is 292 g/mol. The Balaban J connectivity index is 1.62. The summed E-state index contributed by atoms with van der Waals surface area (Å²) in [4.78, 5) is 15.4. The second-order valence-electron chi connectivity index (χ2n) is 6.41. The fourth-order valence-electron chi connectivity index (χ4n) is 2.92. The first kappa shape index (κ1) is 15.3. The Bertz CT molecular complexity index is 649. The highest BCUT2D eigenvalue weighted by Gasteiger charge is 2.30. The number of carbonyl (C=O) groups is 1.